The third kappa shape index (κ3) is 3.07. The molecule has 18 heavy (non-hydrogen) atoms. The van der Waals surface area contributed by atoms with Crippen LogP contribution < -0.4 is 10.6 Å². The summed E-state index contributed by atoms with van der Waals surface area (Å²) in [6.07, 6.45) is 1.42. The van der Waals surface area contributed by atoms with Crippen LogP contribution in [0.15, 0.2) is 24.3 Å². The van der Waals surface area contributed by atoms with Crippen molar-refractivity contribution in [1.82, 2.24) is 10.6 Å². The molecule has 1 aliphatic rings. The van der Waals surface area contributed by atoms with Gasteiger partial charge in [-0.2, -0.15) is 0 Å². The van der Waals surface area contributed by atoms with Gasteiger partial charge in [-0.15, -0.1) is 0 Å². The second-order valence-corrected chi connectivity index (χ2v) is 4.77. The molecule has 4 heteroatoms. The molecular formula is C14H19FN2O. The Bertz CT molecular complexity index is 422. The van der Waals surface area contributed by atoms with Gasteiger partial charge in [-0.25, -0.2) is 4.39 Å². The zero-order chi connectivity index (χ0) is 13.0. The minimum Gasteiger partial charge on any atom is -0.355 e. The first-order valence-electron chi connectivity index (χ1n) is 6.43. The zero-order valence-corrected chi connectivity index (χ0v) is 10.6. The SMILES string of the molecule is CC1NCCC1C(=O)NCCc1ccccc1F. The minimum absolute atomic E-state index is 0.0469. The molecule has 1 aromatic carbocycles. The molecule has 0 aromatic heterocycles. The van der Waals surface area contributed by atoms with E-state index in [1.807, 2.05) is 13.0 Å². The first-order valence-corrected chi connectivity index (χ1v) is 6.43. The molecule has 1 aliphatic heterocycles. The molecule has 1 amide bonds. The van der Waals surface area contributed by atoms with Crippen LogP contribution >= 0.6 is 0 Å². The van der Waals surface area contributed by atoms with Crippen LogP contribution in [-0.4, -0.2) is 25.0 Å². The van der Waals surface area contributed by atoms with Gasteiger partial charge in [0.25, 0.3) is 0 Å². The highest BCUT2D eigenvalue weighted by Gasteiger charge is 2.28. The van der Waals surface area contributed by atoms with E-state index in [2.05, 4.69) is 10.6 Å². The summed E-state index contributed by atoms with van der Waals surface area (Å²) >= 11 is 0. The number of nitrogens with one attached hydrogen (secondary N) is 2. The Balaban J connectivity index is 1.79. The number of carbonyl (C=O) groups excluding carboxylic acids is 1. The molecule has 98 valence electrons. The first kappa shape index (κ1) is 13.0. The predicted molar refractivity (Wildman–Crippen MR) is 68.7 cm³/mol. The Kier molecular flexibility index (Phi) is 4.31. The number of benzene rings is 1. The lowest BCUT2D eigenvalue weighted by Crippen LogP contribution is -2.37. The van der Waals surface area contributed by atoms with E-state index in [1.165, 1.54) is 6.07 Å². The molecule has 2 unspecified atom stereocenters. The van der Waals surface area contributed by atoms with Gasteiger partial charge < -0.3 is 10.6 Å². The Morgan fingerprint density at radius 2 is 2.28 bits per heavy atom. The van der Waals surface area contributed by atoms with E-state index in [4.69, 9.17) is 0 Å². The number of halogens is 1. The summed E-state index contributed by atoms with van der Waals surface area (Å²) < 4.78 is 13.4. The Hall–Kier alpha value is -1.42. The quantitative estimate of drug-likeness (QED) is 0.850. The third-order valence-corrected chi connectivity index (χ3v) is 3.51. The van der Waals surface area contributed by atoms with Gasteiger partial charge in [0.1, 0.15) is 5.82 Å². The minimum atomic E-state index is -0.206. The van der Waals surface area contributed by atoms with Gasteiger partial charge in [0.15, 0.2) is 0 Å². The highest BCUT2D eigenvalue weighted by atomic mass is 19.1. The van der Waals surface area contributed by atoms with Crippen LogP contribution in [0.5, 0.6) is 0 Å². The van der Waals surface area contributed by atoms with Crippen molar-refractivity contribution in [2.75, 3.05) is 13.1 Å². The average molecular weight is 250 g/mol. The largest absolute Gasteiger partial charge is 0.355 e. The van der Waals surface area contributed by atoms with Crippen molar-refractivity contribution in [3.05, 3.63) is 35.6 Å². The summed E-state index contributed by atoms with van der Waals surface area (Å²) in [4.78, 5) is 11.9. The summed E-state index contributed by atoms with van der Waals surface area (Å²) in [6.45, 7) is 3.41. The highest BCUT2D eigenvalue weighted by Crippen LogP contribution is 2.15. The molecule has 0 radical (unpaired) electrons. The summed E-state index contributed by atoms with van der Waals surface area (Å²) in [5.74, 6) is -0.0860. The van der Waals surface area contributed by atoms with Crippen LogP contribution in [0.4, 0.5) is 4.39 Å². The number of hydrogen-bond acceptors (Lipinski definition) is 2. The van der Waals surface area contributed by atoms with Gasteiger partial charge in [0.05, 0.1) is 5.92 Å². The normalized spacial score (nSPS) is 23.0. The molecule has 2 rings (SSSR count). The Morgan fingerprint density at radius 1 is 1.50 bits per heavy atom. The van der Waals surface area contributed by atoms with Gasteiger partial charge in [0, 0.05) is 12.6 Å². The summed E-state index contributed by atoms with van der Waals surface area (Å²) in [5.41, 5.74) is 0.649. The van der Waals surface area contributed by atoms with E-state index in [-0.39, 0.29) is 23.7 Å². The summed E-state index contributed by atoms with van der Waals surface area (Å²) in [7, 11) is 0. The lowest BCUT2D eigenvalue weighted by molar-refractivity contribution is -0.125. The fraction of sp³-hybridized carbons (Fsp3) is 0.500. The van der Waals surface area contributed by atoms with E-state index in [0.717, 1.165) is 13.0 Å². The van der Waals surface area contributed by atoms with Crippen molar-refractivity contribution in [3.63, 3.8) is 0 Å². The van der Waals surface area contributed by atoms with E-state index in [9.17, 15) is 9.18 Å². The monoisotopic (exact) mass is 250 g/mol. The lowest BCUT2D eigenvalue weighted by atomic mass is 10.0. The average Bonchev–Trinajstić information content (AvgIpc) is 2.78. The number of carbonyl (C=O) groups is 1. The fourth-order valence-electron chi connectivity index (χ4n) is 2.37. The van der Waals surface area contributed by atoms with Crippen LogP contribution in [0.1, 0.15) is 18.9 Å². The topological polar surface area (TPSA) is 41.1 Å². The predicted octanol–water partition coefficient (Wildman–Crippen LogP) is 1.48. The van der Waals surface area contributed by atoms with E-state index < -0.39 is 0 Å². The maximum Gasteiger partial charge on any atom is 0.224 e. The van der Waals surface area contributed by atoms with Gasteiger partial charge in [-0.1, -0.05) is 18.2 Å². The van der Waals surface area contributed by atoms with E-state index in [1.54, 1.807) is 12.1 Å². The van der Waals surface area contributed by atoms with Crippen LogP contribution in [0, 0.1) is 11.7 Å². The van der Waals surface area contributed by atoms with Gasteiger partial charge in [-0.3, -0.25) is 4.79 Å². The third-order valence-electron chi connectivity index (χ3n) is 3.51. The molecule has 1 fully saturated rings. The molecular weight excluding hydrogens is 231 g/mol. The molecule has 3 nitrogen and oxygen atoms in total. The molecule has 1 aromatic rings. The second-order valence-electron chi connectivity index (χ2n) is 4.77. The van der Waals surface area contributed by atoms with Crippen molar-refractivity contribution >= 4 is 5.91 Å². The molecule has 0 bridgehead atoms. The van der Waals surface area contributed by atoms with Crippen molar-refractivity contribution < 1.29 is 9.18 Å². The van der Waals surface area contributed by atoms with Crippen LogP contribution in [0.25, 0.3) is 0 Å². The number of hydrogen-bond donors (Lipinski definition) is 2. The molecule has 0 spiro atoms. The van der Waals surface area contributed by atoms with Crippen LogP contribution in [0.3, 0.4) is 0 Å². The molecule has 1 heterocycles. The smallest absolute Gasteiger partial charge is 0.224 e. The lowest BCUT2D eigenvalue weighted by Gasteiger charge is -2.14. The Labute approximate surface area is 107 Å². The molecule has 2 N–H and O–H groups in total. The first-order chi connectivity index (χ1) is 8.68. The zero-order valence-electron chi connectivity index (χ0n) is 10.6. The Morgan fingerprint density at radius 3 is 2.94 bits per heavy atom. The van der Waals surface area contributed by atoms with Gasteiger partial charge in [0.2, 0.25) is 5.91 Å². The molecule has 2 atom stereocenters. The maximum absolute atomic E-state index is 13.4. The fourth-order valence-corrected chi connectivity index (χ4v) is 2.37. The second kappa shape index (κ2) is 5.96. The van der Waals surface area contributed by atoms with E-state index >= 15 is 0 Å². The van der Waals surface area contributed by atoms with Crippen LogP contribution in [-0.2, 0) is 11.2 Å². The van der Waals surface area contributed by atoms with Crippen LogP contribution in [0.2, 0.25) is 0 Å². The molecule has 0 aliphatic carbocycles. The number of rotatable bonds is 4. The standard InChI is InChI=1S/C14H19FN2O/c1-10-12(7-9-16-10)14(18)17-8-6-11-4-2-3-5-13(11)15/h2-5,10,12,16H,6-9H2,1H3,(H,17,18). The van der Waals surface area contributed by atoms with Gasteiger partial charge in [-0.05, 0) is 37.9 Å². The summed E-state index contributed by atoms with van der Waals surface area (Å²) in [6, 6.07) is 6.91. The molecule has 1 saturated heterocycles. The van der Waals surface area contributed by atoms with Crippen molar-refractivity contribution in [2.24, 2.45) is 5.92 Å². The van der Waals surface area contributed by atoms with Crippen molar-refractivity contribution in [3.8, 4) is 0 Å². The number of amides is 1. The van der Waals surface area contributed by atoms with E-state index in [0.29, 0.717) is 18.5 Å². The van der Waals surface area contributed by atoms with Crippen molar-refractivity contribution in [2.45, 2.75) is 25.8 Å². The summed E-state index contributed by atoms with van der Waals surface area (Å²) in [5, 5.41) is 6.13. The maximum atomic E-state index is 13.4. The van der Waals surface area contributed by atoms with Crippen molar-refractivity contribution in [1.29, 1.82) is 0 Å². The van der Waals surface area contributed by atoms with Gasteiger partial charge >= 0.3 is 0 Å². The molecule has 0 saturated carbocycles. The highest BCUT2D eigenvalue weighted by molar-refractivity contribution is 5.79.